The average Bonchev–Trinajstić information content (AvgIpc) is 3.59. The number of benzene rings is 2. The zero-order valence-corrected chi connectivity index (χ0v) is 31.4. The van der Waals surface area contributed by atoms with Crippen LogP contribution in [0, 0.1) is 17.2 Å². The van der Waals surface area contributed by atoms with Crippen molar-refractivity contribution in [3.8, 4) is 11.6 Å². The molecule has 3 heterocycles. The van der Waals surface area contributed by atoms with Crippen molar-refractivity contribution < 1.29 is 23.5 Å². The van der Waals surface area contributed by atoms with Crippen molar-refractivity contribution in [3.63, 3.8) is 0 Å². The number of alkyl carbamates (subject to hydrolysis) is 1. The molecule has 1 N–H and O–H groups in total. The number of nitrogens with one attached hydrogen (secondary N) is 1. The van der Waals surface area contributed by atoms with E-state index in [0.717, 1.165) is 70.4 Å². The third-order valence-corrected chi connectivity index (χ3v) is 11.1. The molecule has 2 amide bonds. The Morgan fingerprint density at radius 3 is 2.38 bits per heavy atom. The summed E-state index contributed by atoms with van der Waals surface area (Å²) in [5.41, 5.74) is 1.44. The van der Waals surface area contributed by atoms with Gasteiger partial charge in [-0.2, -0.15) is 4.98 Å². The van der Waals surface area contributed by atoms with Crippen LogP contribution in [0.2, 0.25) is 5.28 Å². The van der Waals surface area contributed by atoms with E-state index in [1.165, 1.54) is 31.0 Å². The van der Waals surface area contributed by atoms with Crippen molar-refractivity contribution in [2.45, 2.75) is 97.4 Å². The van der Waals surface area contributed by atoms with Crippen molar-refractivity contribution in [2.75, 3.05) is 37.6 Å². The number of amides is 2. The Hall–Kier alpha value is -4.03. The Labute approximate surface area is 311 Å². The summed E-state index contributed by atoms with van der Waals surface area (Å²) in [7, 11) is 0. The second-order valence-electron chi connectivity index (χ2n) is 15.2. The minimum absolute atomic E-state index is 0.00215. The predicted molar refractivity (Wildman–Crippen MR) is 198 cm³/mol. The number of carbonyl (C=O) groups is 2. The summed E-state index contributed by atoms with van der Waals surface area (Å²) in [6, 6.07) is 13.6. The second kappa shape index (κ2) is 16.8. The minimum Gasteiger partial charge on any atom is -0.445 e. The number of hydrogen-bond acceptors (Lipinski definition) is 9. The van der Waals surface area contributed by atoms with E-state index in [1.54, 1.807) is 4.90 Å². The molecule has 2 aliphatic heterocycles. The third-order valence-electron chi connectivity index (χ3n) is 10.9. The van der Waals surface area contributed by atoms with Crippen LogP contribution in [0.3, 0.4) is 0 Å². The van der Waals surface area contributed by atoms with Gasteiger partial charge in [0.2, 0.25) is 5.28 Å². The molecule has 3 aromatic rings. The van der Waals surface area contributed by atoms with Crippen molar-refractivity contribution in [3.05, 3.63) is 70.8 Å². The molecule has 52 heavy (non-hydrogen) atoms. The molecule has 280 valence electrons. The summed E-state index contributed by atoms with van der Waals surface area (Å²) in [5, 5.41) is 11.2. The fourth-order valence-corrected chi connectivity index (χ4v) is 8.30. The maximum Gasteiger partial charge on any atom is 0.407 e. The van der Waals surface area contributed by atoms with Gasteiger partial charge in [0.05, 0.1) is 5.56 Å². The van der Waals surface area contributed by atoms with Gasteiger partial charge in [-0.1, -0.05) is 30.3 Å². The van der Waals surface area contributed by atoms with Crippen LogP contribution >= 0.6 is 11.6 Å². The second-order valence-corrected chi connectivity index (χ2v) is 15.6. The molecular formula is C39H51ClFN7O4. The van der Waals surface area contributed by atoms with Crippen molar-refractivity contribution in [1.29, 1.82) is 0 Å². The number of nitrogens with zero attached hydrogens (tertiary/aromatic N) is 6. The van der Waals surface area contributed by atoms with Crippen LogP contribution in [0.25, 0.3) is 0 Å². The highest BCUT2D eigenvalue weighted by atomic mass is 35.5. The van der Waals surface area contributed by atoms with Gasteiger partial charge in [0.15, 0.2) is 5.82 Å². The van der Waals surface area contributed by atoms with Crippen molar-refractivity contribution in [1.82, 2.24) is 30.3 Å². The summed E-state index contributed by atoms with van der Waals surface area (Å²) in [4.78, 5) is 36.9. The van der Waals surface area contributed by atoms with Gasteiger partial charge in [0.1, 0.15) is 18.2 Å². The van der Waals surface area contributed by atoms with Crippen LogP contribution in [-0.4, -0.2) is 87.8 Å². The Morgan fingerprint density at radius 2 is 1.69 bits per heavy atom. The van der Waals surface area contributed by atoms with E-state index >= 15 is 0 Å². The topological polar surface area (TPSA) is 113 Å². The number of ether oxygens (including phenoxy) is 2. The average molecular weight is 736 g/mol. The minimum atomic E-state index is -0.531. The van der Waals surface area contributed by atoms with Crippen molar-refractivity contribution >= 4 is 29.4 Å². The van der Waals surface area contributed by atoms with Gasteiger partial charge in [-0.05, 0) is 132 Å². The molecule has 11 nitrogen and oxygen atoms in total. The molecule has 1 atom stereocenters. The van der Waals surface area contributed by atoms with E-state index in [9.17, 15) is 14.0 Å². The lowest BCUT2D eigenvalue weighted by Gasteiger charge is -2.46. The van der Waals surface area contributed by atoms with E-state index in [2.05, 4.69) is 30.3 Å². The van der Waals surface area contributed by atoms with Crippen LogP contribution in [0.4, 0.5) is 15.0 Å². The molecule has 13 heteroatoms. The van der Waals surface area contributed by atoms with Crippen molar-refractivity contribution in [2.24, 2.45) is 11.3 Å². The number of anilines is 1. The van der Waals surface area contributed by atoms with Gasteiger partial charge in [0.25, 0.3) is 11.8 Å². The van der Waals surface area contributed by atoms with Gasteiger partial charge in [0, 0.05) is 37.8 Å². The number of piperidine rings is 1. The number of likely N-dealkylation sites (tertiary alicyclic amines) is 1. The first-order valence-electron chi connectivity index (χ1n) is 18.6. The largest absolute Gasteiger partial charge is 0.445 e. The molecule has 6 rings (SSSR count). The normalized spacial score (nSPS) is 19.3. The summed E-state index contributed by atoms with van der Waals surface area (Å²) >= 11 is 6.23. The maximum absolute atomic E-state index is 14.4. The van der Waals surface area contributed by atoms with E-state index < -0.39 is 5.82 Å². The summed E-state index contributed by atoms with van der Waals surface area (Å²) < 4.78 is 26.1. The molecule has 1 aromatic heterocycles. The lowest BCUT2D eigenvalue weighted by atomic mass is 9.67. The molecule has 0 bridgehead atoms. The van der Waals surface area contributed by atoms with Gasteiger partial charge in [-0.3, -0.25) is 4.79 Å². The lowest BCUT2D eigenvalue weighted by Crippen LogP contribution is -2.46. The number of halogens is 2. The van der Waals surface area contributed by atoms with Crippen LogP contribution < -0.4 is 15.0 Å². The van der Waals surface area contributed by atoms with Crippen LogP contribution in [0.5, 0.6) is 11.6 Å². The van der Waals surface area contributed by atoms with Crippen LogP contribution in [-0.2, 0) is 11.3 Å². The molecule has 1 saturated carbocycles. The zero-order chi connectivity index (χ0) is 36.8. The molecule has 0 radical (unpaired) electrons. The number of aromatic nitrogens is 3. The van der Waals surface area contributed by atoms with Crippen LogP contribution in [0.15, 0.2) is 48.5 Å². The number of rotatable bonds is 11. The monoisotopic (exact) mass is 735 g/mol. The smallest absolute Gasteiger partial charge is 0.407 e. The van der Waals surface area contributed by atoms with Gasteiger partial charge in [-0.15, -0.1) is 10.2 Å². The number of carbonyl (C=O) groups excluding carboxylic acids is 2. The Balaban J connectivity index is 1.01. The predicted octanol–water partition coefficient (Wildman–Crippen LogP) is 7.49. The molecule has 2 saturated heterocycles. The highest BCUT2D eigenvalue weighted by molar-refractivity contribution is 6.28. The summed E-state index contributed by atoms with van der Waals surface area (Å²) in [6.07, 6.45) is 7.20. The zero-order valence-electron chi connectivity index (χ0n) is 30.7. The quantitative estimate of drug-likeness (QED) is 0.214. The Bertz CT molecular complexity index is 1670. The van der Waals surface area contributed by atoms with Gasteiger partial charge in [-0.25, -0.2) is 9.18 Å². The first-order valence-corrected chi connectivity index (χ1v) is 19.0. The standard InChI is InChI=1S/C39H51ClFN7O4/c1-26(2)48(27(3)4)36(49)32-22-30(41)10-11-33(32)52-35-34(43-37(40)45-44-35)47-19-14-29(24-47)23-46-20-17-39(18-21-46)15-12-31(13-16-39)42-38(50)51-25-28-8-6-5-7-9-28/h5-11,22,26-27,29,31H,12-21,23-25H2,1-4H3,(H,42,50)/t29-/m0/s1. The number of hydrogen-bond donors (Lipinski definition) is 1. The van der Waals surface area contributed by atoms with E-state index in [1.807, 2.05) is 58.0 Å². The fraction of sp³-hybridized carbons (Fsp3) is 0.564. The Kier molecular flexibility index (Phi) is 12.2. The van der Waals surface area contributed by atoms with E-state index in [4.69, 9.17) is 21.1 Å². The summed E-state index contributed by atoms with van der Waals surface area (Å²) in [5.74, 6) is 0.331. The SMILES string of the molecule is CC(C)N(C(=O)c1cc(F)ccc1Oc1nnc(Cl)nc1N1CC[C@@H](CN2CCC3(CCC(NC(=O)OCc4ccccc4)CC3)CC2)C1)C(C)C. The first-order chi connectivity index (χ1) is 25.0. The van der Waals surface area contributed by atoms with Gasteiger partial charge >= 0.3 is 6.09 Å². The third kappa shape index (κ3) is 9.30. The van der Waals surface area contributed by atoms with E-state index in [0.29, 0.717) is 17.2 Å². The maximum atomic E-state index is 14.4. The molecule has 2 aromatic carbocycles. The van der Waals surface area contributed by atoms with Gasteiger partial charge < -0.3 is 29.5 Å². The summed E-state index contributed by atoms with van der Waals surface area (Å²) in [6.45, 7) is 12.6. The molecular weight excluding hydrogens is 685 g/mol. The molecule has 1 spiro atoms. The molecule has 1 aliphatic carbocycles. The molecule has 3 fully saturated rings. The first kappa shape index (κ1) is 37.7. The van der Waals surface area contributed by atoms with E-state index in [-0.39, 0.29) is 59.2 Å². The fourth-order valence-electron chi connectivity index (χ4n) is 8.18. The Morgan fingerprint density at radius 1 is 0.981 bits per heavy atom. The highest BCUT2D eigenvalue weighted by Crippen LogP contribution is 2.45. The highest BCUT2D eigenvalue weighted by Gasteiger charge is 2.39. The molecule has 3 aliphatic rings. The molecule has 0 unspecified atom stereocenters. The lowest BCUT2D eigenvalue weighted by molar-refractivity contribution is 0.0511. The van der Waals surface area contributed by atoms with Crippen LogP contribution in [0.1, 0.15) is 88.6 Å².